The van der Waals surface area contributed by atoms with E-state index in [2.05, 4.69) is 0 Å². The lowest BCUT2D eigenvalue weighted by molar-refractivity contribution is 0.00855. The average molecular weight is 170 g/mol. The zero-order valence-electron chi connectivity index (χ0n) is 7.99. The third kappa shape index (κ3) is 1.70. The highest BCUT2D eigenvalue weighted by atomic mass is 16.3. The molecule has 2 heteroatoms. The van der Waals surface area contributed by atoms with E-state index >= 15 is 0 Å². The summed E-state index contributed by atoms with van der Waals surface area (Å²) >= 11 is 0. The molecule has 0 bridgehead atoms. The van der Waals surface area contributed by atoms with Crippen molar-refractivity contribution in [2.75, 3.05) is 0 Å². The van der Waals surface area contributed by atoms with Crippen molar-refractivity contribution in [2.24, 2.45) is 11.8 Å². The molecule has 1 rings (SSSR count). The molecule has 0 saturated heterocycles. The SMILES string of the molecule is CC1=CC[C@H](O)[C@@H](C)[C@@H](O)[C@H]1C. The van der Waals surface area contributed by atoms with E-state index < -0.39 is 6.10 Å². The molecular weight excluding hydrogens is 152 g/mol. The first kappa shape index (κ1) is 9.75. The standard InChI is InChI=1S/C10H18O2/c1-6-4-5-9(11)8(3)10(12)7(6)2/h4,7-12H,5H2,1-3H3/t7-,8+,9-,10-/m0/s1. The van der Waals surface area contributed by atoms with E-state index in [0.717, 1.165) is 0 Å². The average Bonchev–Trinajstić information content (AvgIpc) is 2.14. The number of aliphatic hydroxyl groups excluding tert-OH is 2. The minimum atomic E-state index is -0.404. The van der Waals surface area contributed by atoms with Crippen LogP contribution in [0.5, 0.6) is 0 Å². The largest absolute Gasteiger partial charge is 0.392 e. The first-order valence-corrected chi connectivity index (χ1v) is 4.56. The lowest BCUT2D eigenvalue weighted by Crippen LogP contribution is -2.32. The van der Waals surface area contributed by atoms with E-state index in [1.54, 1.807) is 0 Å². The summed E-state index contributed by atoms with van der Waals surface area (Å²) in [5, 5.41) is 19.3. The van der Waals surface area contributed by atoms with Gasteiger partial charge >= 0.3 is 0 Å². The van der Waals surface area contributed by atoms with Gasteiger partial charge in [0.15, 0.2) is 0 Å². The predicted octanol–water partition coefficient (Wildman–Crippen LogP) is 1.33. The summed E-state index contributed by atoms with van der Waals surface area (Å²) in [6, 6.07) is 0. The van der Waals surface area contributed by atoms with E-state index in [9.17, 15) is 10.2 Å². The van der Waals surface area contributed by atoms with Gasteiger partial charge in [0.25, 0.3) is 0 Å². The van der Waals surface area contributed by atoms with Gasteiger partial charge in [0.05, 0.1) is 12.2 Å². The van der Waals surface area contributed by atoms with Crippen molar-refractivity contribution in [3.05, 3.63) is 11.6 Å². The molecule has 2 N–H and O–H groups in total. The van der Waals surface area contributed by atoms with Crippen LogP contribution in [0.3, 0.4) is 0 Å². The molecule has 0 spiro atoms. The Kier molecular flexibility index (Phi) is 2.91. The van der Waals surface area contributed by atoms with Crippen molar-refractivity contribution in [1.82, 2.24) is 0 Å². The smallest absolute Gasteiger partial charge is 0.0652 e. The van der Waals surface area contributed by atoms with Crippen LogP contribution >= 0.6 is 0 Å². The Morgan fingerprint density at radius 3 is 2.50 bits per heavy atom. The van der Waals surface area contributed by atoms with E-state index in [1.165, 1.54) is 5.57 Å². The van der Waals surface area contributed by atoms with Gasteiger partial charge in [-0.1, -0.05) is 25.5 Å². The third-order valence-electron chi connectivity index (χ3n) is 3.06. The fourth-order valence-corrected chi connectivity index (χ4v) is 1.66. The molecule has 1 aliphatic carbocycles. The van der Waals surface area contributed by atoms with Crippen LogP contribution in [0.2, 0.25) is 0 Å². The summed E-state index contributed by atoms with van der Waals surface area (Å²) in [5.41, 5.74) is 1.19. The van der Waals surface area contributed by atoms with Gasteiger partial charge in [0.2, 0.25) is 0 Å². The van der Waals surface area contributed by atoms with Gasteiger partial charge in [0.1, 0.15) is 0 Å². The second-order valence-corrected chi connectivity index (χ2v) is 3.89. The van der Waals surface area contributed by atoms with E-state index in [1.807, 2.05) is 26.8 Å². The molecule has 0 unspecified atom stereocenters. The second-order valence-electron chi connectivity index (χ2n) is 3.89. The van der Waals surface area contributed by atoms with Gasteiger partial charge in [-0.05, 0) is 13.3 Å². The summed E-state index contributed by atoms with van der Waals surface area (Å²) in [7, 11) is 0. The number of hydrogen-bond donors (Lipinski definition) is 2. The fourth-order valence-electron chi connectivity index (χ4n) is 1.66. The Labute approximate surface area is 73.9 Å². The van der Waals surface area contributed by atoms with Crippen LogP contribution in [0.1, 0.15) is 27.2 Å². The van der Waals surface area contributed by atoms with Crippen LogP contribution < -0.4 is 0 Å². The Hall–Kier alpha value is -0.340. The Morgan fingerprint density at radius 1 is 1.33 bits per heavy atom. The summed E-state index contributed by atoms with van der Waals surface area (Å²) in [6.07, 6.45) is 1.91. The van der Waals surface area contributed by atoms with Crippen molar-refractivity contribution in [3.63, 3.8) is 0 Å². The van der Waals surface area contributed by atoms with Crippen molar-refractivity contribution >= 4 is 0 Å². The lowest BCUT2D eigenvalue weighted by Gasteiger charge is -2.25. The topological polar surface area (TPSA) is 40.5 Å². The molecule has 0 aliphatic heterocycles. The van der Waals surface area contributed by atoms with Crippen LogP contribution in [-0.4, -0.2) is 22.4 Å². The normalized spacial score (nSPS) is 43.6. The minimum absolute atomic E-state index is 0.0197. The molecule has 0 aromatic rings. The Bertz CT molecular complexity index is 186. The van der Waals surface area contributed by atoms with E-state index in [-0.39, 0.29) is 17.9 Å². The third-order valence-corrected chi connectivity index (χ3v) is 3.06. The molecule has 2 nitrogen and oxygen atoms in total. The lowest BCUT2D eigenvalue weighted by atomic mass is 9.88. The molecule has 0 aromatic carbocycles. The van der Waals surface area contributed by atoms with Gasteiger partial charge in [-0.15, -0.1) is 0 Å². The first-order chi connectivity index (χ1) is 5.54. The highest BCUT2D eigenvalue weighted by molar-refractivity contribution is 5.09. The molecule has 4 atom stereocenters. The van der Waals surface area contributed by atoms with Gasteiger partial charge in [-0.25, -0.2) is 0 Å². The summed E-state index contributed by atoms with van der Waals surface area (Å²) in [5.74, 6) is 0.158. The van der Waals surface area contributed by atoms with Crippen LogP contribution in [0.4, 0.5) is 0 Å². The molecule has 70 valence electrons. The first-order valence-electron chi connectivity index (χ1n) is 4.56. The van der Waals surface area contributed by atoms with Crippen molar-refractivity contribution in [2.45, 2.75) is 39.4 Å². The van der Waals surface area contributed by atoms with Crippen molar-refractivity contribution < 1.29 is 10.2 Å². The van der Waals surface area contributed by atoms with E-state index in [4.69, 9.17) is 0 Å². The van der Waals surface area contributed by atoms with E-state index in [0.29, 0.717) is 6.42 Å². The van der Waals surface area contributed by atoms with Crippen molar-refractivity contribution in [1.29, 1.82) is 0 Å². The molecule has 0 aromatic heterocycles. The molecule has 0 fully saturated rings. The summed E-state index contributed by atoms with van der Waals surface area (Å²) in [4.78, 5) is 0. The maximum absolute atomic E-state index is 9.77. The second kappa shape index (κ2) is 3.58. The number of hydrogen-bond acceptors (Lipinski definition) is 2. The molecule has 0 radical (unpaired) electrons. The molecule has 1 aliphatic rings. The summed E-state index contributed by atoms with van der Waals surface area (Å²) < 4.78 is 0. The van der Waals surface area contributed by atoms with Gasteiger partial charge in [0, 0.05) is 11.8 Å². The number of aliphatic hydroxyl groups is 2. The maximum Gasteiger partial charge on any atom is 0.0652 e. The monoisotopic (exact) mass is 170 g/mol. The Morgan fingerprint density at radius 2 is 1.92 bits per heavy atom. The van der Waals surface area contributed by atoms with Gasteiger partial charge < -0.3 is 10.2 Å². The van der Waals surface area contributed by atoms with Crippen LogP contribution in [0.15, 0.2) is 11.6 Å². The van der Waals surface area contributed by atoms with Crippen LogP contribution in [0, 0.1) is 11.8 Å². The highest BCUT2D eigenvalue weighted by Gasteiger charge is 2.29. The van der Waals surface area contributed by atoms with Crippen molar-refractivity contribution in [3.8, 4) is 0 Å². The molecular formula is C10H18O2. The highest BCUT2D eigenvalue weighted by Crippen LogP contribution is 2.27. The fraction of sp³-hybridized carbons (Fsp3) is 0.800. The molecule has 0 saturated carbocycles. The predicted molar refractivity (Wildman–Crippen MR) is 48.7 cm³/mol. The maximum atomic E-state index is 9.77. The zero-order valence-corrected chi connectivity index (χ0v) is 7.99. The quantitative estimate of drug-likeness (QED) is 0.538. The zero-order chi connectivity index (χ0) is 9.30. The summed E-state index contributed by atoms with van der Waals surface area (Å²) in [6.45, 7) is 5.92. The van der Waals surface area contributed by atoms with Gasteiger partial charge in [-0.2, -0.15) is 0 Å². The molecule has 0 heterocycles. The van der Waals surface area contributed by atoms with Gasteiger partial charge in [-0.3, -0.25) is 0 Å². The Balaban J connectivity index is 2.80. The minimum Gasteiger partial charge on any atom is -0.392 e. The number of rotatable bonds is 0. The molecule has 0 amide bonds. The van der Waals surface area contributed by atoms with Crippen LogP contribution in [-0.2, 0) is 0 Å². The molecule has 12 heavy (non-hydrogen) atoms. The van der Waals surface area contributed by atoms with Crippen LogP contribution in [0.25, 0.3) is 0 Å².